The average Bonchev–Trinajstić information content (AvgIpc) is 3.00. The van der Waals surface area contributed by atoms with Gasteiger partial charge < -0.3 is 4.98 Å². The molecule has 0 aliphatic heterocycles. The van der Waals surface area contributed by atoms with E-state index in [1.807, 2.05) is 13.0 Å². The van der Waals surface area contributed by atoms with E-state index in [9.17, 15) is 13.2 Å². The summed E-state index contributed by atoms with van der Waals surface area (Å²) in [5, 5.41) is 7.43. The lowest BCUT2D eigenvalue weighted by molar-refractivity contribution is 0.601. The summed E-state index contributed by atoms with van der Waals surface area (Å²) >= 11 is 0. The van der Waals surface area contributed by atoms with E-state index in [4.69, 9.17) is 0 Å². The van der Waals surface area contributed by atoms with Gasteiger partial charge in [0, 0.05) is 16.6 Å². The molecule has 28 heavy (non-hydrogen) atoms. The highest BCUT2D eigenvalue weighted by Crippen LogP contribution is 2.34. The molecule has 4 rings (SSSR count). The first-order valence-corrected chi connectivity index (χ1v) is 10.1. The van der Waals surface area contributed by atoms with Gasteiger partial charge in [-0.05, 0) is 32.0 Å². The Morgan fingerprint density at radius 3 is 2.46 bits per heavy atom. The highest BCUT2D eigenvalue weighted by atomic mass is 32.2. The van der Waals surface area contributed by atoms with Crippen LogP contribution in [0.3, 0.4) is 0 Å². The van der Waals surface area contributed by atoms with Gasteiger partial charge in [-0.1, -0.05) is 35.9 Å². The summed E-state index contributed by atoms with van der Waals surface area (Å²) in [6, 6.07) is 13.7. The number of para-hydroxylation sites is 1. The number of hydrogen-bond acceptors (Lipinski definition) is 4. The van der Waals surface area contributed by atoms with E-state index in [2.05, 4.69) is 19.9 Å². The topological polar surface area (TPSA) is 108 Å². The van der Waals surface area contributed by atoms with Crippen molar-refractivity contribution in [3.05, 3.63) is 76.3 Å². The Hall–Kier alpha value is -3.39. The second-order valence-corrected chi connectivity index (χ2v) is 8.26. The fraction of sp³-hybridized carbons (Fsp3) is 0.100. The van der Waals surface area contributed by atoms with E-state index in [1.165, 1.54) is 0 Å². The summed E-state index contributed by atoms with van der Waals surface area (Å²) < 4.78 is 28.3. The molecule has 0 aliphatic rings. The van der Waals surface area contributed by atoms with E-state index in [1.54, 1.807) is 55.6 Å². The largest absolute Gasteiger partial charge is 0.357 e. The van der Waals surface area contributed by atoms with E-state index in [0.717, 1.165) is 5.56 Å². The Labute approximate surface area is 161 Å². The number of hydrogen-bond donors (Lipinski definition) is 3. The molecule has 0 bridgehead atoms. The molecule has 0 spiro atoms. The second-order valence-electron chi connectivity index (χ2n) is 6.58. The molecular formula is C20H18N4O3S. The molecule has 7 nitrogen and oxygen atoms in total. The lowest BCUT2D eigenvalue weighted by Crippen LogP contribution is -2.13. The standard InChI is InChI=1S/C20H18N4O3S/c1-12-7-9-14(10-8-12)28(26,27)24-17-6-4-3-5-15(17)19-16-11-21-23-20(25)18(16)13(2)22-19/h3-11,22,24H,1-2H3,(H,23,25). The molecule has 0 atom stereocenters. The Balaban J connectivity index is 1.84. The van der Waals surface area contributed by atoms with Crippen LogP contribution in [0.25, 0.3) is 22.0 Å². The smallest absolute Gasteiger partial charge is 0.273 e. The van der Waals surface area contributed by atoms with Gasteiger partial charge in [0.15, 0.2) is 0 Å². The van der Waals surface area contributed by atoms with Crippen molar-refractivity contribution in [1.29, 1.82) is 0 Å². The maximum absolute atomic E-state index is 12.8. The molecule has 0 aliphatic carbocycles. The molecule has 0 saturated heterocycles. The molecule has 2 aromatic heterocycles. The van der Waals surface area contributed by atoms with Crippen LogP contribution in [0, 0.1) is 13.8 Å². The molecule has 0 unspecified atom stereocenters. The average molecular weight is 394 g/mol. The minimum absolute atomic E-state index is 0.179. The third kappa shape index (κ3) is 3.07. The highest BCUT2D eigenvalue weighted by Gasteiger charge is 2.19. The summed E-state index contributed by atoms with van der Waals surface area (Å²) in [5.74, 6) is 0. The first-order chi connectivity index (χ1) is 13.4. The number of aromatic nitrogens is 3. The Morgan fingerprint density at radius 2 is 1.71 bits per heavy atom. The third-order valence-electron chi connectivity index (χ3n) is 4.58. The fourth-order valence-corrected chi connectivity index (χ4v) is 4.28. The van der Waals surface area contributed by atoms with Crippen LogP contribution in [0.15, 0.2) is 64.4 Å². The highest BCUT2D eigenvalue weighted by molar-refractivity contribution is 7.92. The maximum atomic E-state index is 12.8. The van der Waals surface area contributed by atoms with Crippen molar-refractivity contribution in [2.75, 3.05) is 4.72 Å². The van der Waals surface area contributed by atoms with Gasteiger partial charge >= 0.3 is 0 Å². The van der Waals surface area contributed by atoms with Crippen molar-refractivity contribution in [2.24, 2.45) is 0 Å². The van der Waals surface area contributed by atoms with Gasteiger partial charge in [-0.25, -0.2) is 13.5 Å². The molecule has 0 saturated carbocycles. The van der Waals surface area contributed by atoms with Crippen LogP contribution in [0.2, 0.25) is 0 Å². The van der Waals surface area contributed by atoms with Crippen molar-refractivity contribution in [2.45, 2.75) is 18.7 Å². The van der Waals surface area contributed by atoms with Crippen LogP contribution >= 0.6 is 0 Å². The van der Waals surface area contributed by atoms with Gasteiger partial charge in [0.25, 0.3) is 15.6 Å². The molecule has 0 amide bonds. The fourth-order valence-electron chi connectivity index (χ4n) is 3.20. The summed E-state index contributed by atoms with van der Waals surface area (Å²) in [6.45, 7) is 3.69. The molecule has 0 fully saturated rings. The number of benzene rings is 2. The Bertz CT molecular complexity index is 1340. The number of sulfonamides is 1. The van der Waals surface area contributed by atoms with Gasteiger partial charge in [0.1, 0.15) is 0 Å². The SMILES string of the molecule is Cc1ccc(S(=O)(=O)Nc2ccccc2-c2[nH]c(C)c3c(=O)[nH]ncc23)cc1. The van der Waals surface area contributed by atoms with Crippen LogP contribution in [0.4, 0.5) is 5.69 Å². The Morgan fingerprint density at radius 1 is 1.00 bits per heavy atom. The molecule has 4 aromatic rings. The number of aryl methyl sites for hydroxylation is 2. The minimum Gasteiger partial charge on any atom is -0.357 e. The molecule has 0 radical (unpaired) electrons. The number of aromatic amines is 2. The number of anilines is 1. The lowest BCUT2D eigenvalue weighted by atomic mass is 10.1. The zero-order valence-corrected chi connectivity index (χ0v) is 16.1. The first-order valence-electron chi connectivity index (χ1n) is 8.61. The van der Waals surface area contributed by atoms with Crippen LogP contribution in [-0.4, -0.2) is 23.6 Å². The molecule has 8 heteroatoms. The van der Waals surface area contributed by atoms with Gasteiger partial charge in [-0.2, -0.15) is 5.10 Å². The third-order valence-corrected chi connectivity index (χ3v) is 5.97. The molecule has 2 heterocycles. The van der Waals surface area contributed by atoms with E-state index < -0.39 is 10.0 Å². The molecular weight excluding hydrogens is 376 g/mol. The van der Waals surface area contributed by atoms with Crippen molar-refractivity contribution in [1.82, 2.24) is 15.2 Å². The van der Waals surface area contributed by atoms with Crippen LogP contribution in [-0.2, 0) is 10.0 Å². The quantitative estimate of drug-likeness (QED) is 0.493. The number of H-pyrrole nitrogens is 2. The van der Waals surface area contributed by atoms with Crippen LogP contribution in [0.1, 0.15) is 11.3 Å². The second kappa shape index (κ2) is 6.65. The first kappa shape index (κ1) is 18.0. The number of rotatable bonds is 4. The van der Waals surface area contributed by atoms with Gasteiger partial charge in [-0.15, -0.1) is 0 Å². The van der Waals surface area contributed by atoms with Crippen molar-refractivity contribution >= 4 is 26.5 Å². The molecule has 2 aromatic carbocycles. The minimum atomic E-state index is -3.76. The lowest BCUT2D eigenvalue weighted by Gasteiger charge is -2.12. The van der Waals surface area contributed by atoms with Crippen molar-refractivity contribution in [3.63, 3.8) is 0 Å². The van der Waals surface area contributed by atoms with Crippen LogP contribution in [0.5, 0.6) is 0 Å². The van der Waals surface area contributed by atoms with Gasteiger partial charge in [0.05, 0.1) is 27.9 Å². The maximum Gasteiger partial charge on any atom is 0.273 e. The summed E-state index contributed by atoms with van der Waals surface area (Å²) in [5.41, 5.74) is 3.04. The summed E-state index contributed by atoms with van der Waals surface area (Å²) in [6.07, 6.45) is 1.56. The molecule has 142 valence electrons. The van der Waals surface area contributed by atoms with E-state index in [-0.39, 0.29) is 10.5 Å². The normalized spacial score (nSPS) is 11.6. The van der Waals surface area contributed by atoms with Crippen LogP contribution < -0.4 is 10.3 Å². The zero-order valence-electron chi connectivity index (χ0n) is 15.3. The van der Waals surface area contributed by atoms with Crippen molar-refractivity contribution in [3.8, 4) is 11.3 Å². The zero-order chi connectivity index (χ0) is 19.9. The summed E-state index contributed by atoms with van der Waals surface area (Å²) in [7, 11) is -3.76. The van der Waals surface area contributed by atoms with E-state index in [0.29, 0.717) is 33.4 Å². The predicted octanol–water partition coefficient (Wildman–Crippen LogP) is 3.34. The van der Waals surface area contributed by atoms with Gasteiger partial charge in [-0.3, -0.25) is 9.52 Å². The monoisotopic (exact) mass is 394 g/mol. The predicted molar refractivity (Wildman–Crippen MR) is 109 cm³/mol. The van der Waals surface area contributed by atoms with E-state index >= 15 is 0 Å². The Kier molecular flexibility index (Phi) is 4.27. The molecule has 3 N–H and O–H groups in total. The van der Waals surface area contributed by atoms with Gasteiger partial charge in [0.2, 0.25) is 0 Å². The number of nitrogens with zero attached hydrogens (tertiary/aromatic N) is 1. The summed E-state index contributed by atoms with van der Waals surface area (Å²) in [4.78, 5) is 15.5. The van der Waals surface area contributed by atoms with Crippen molar-refractivity contribution < 1.29 is 8.42 Å². The number of fused-ring (bicyclic) bond motifs is 1. The number of nitrogens with one attached hydrogen (secondary N) is 3.